The van der Waals surface area contributed by atoms with Gasteiger partial charge in [-0.1, -0.05) is 0 Å². The Kier molecular flexibility index (Phi) is 4.38. The number of anilines is 2. The summed E-state index contributed by atoms with van der Waals surface area (Å²) in [6, 6.07) is 6.82. The first kappa shape index (κ1) is 15.6. The zero-order valence-electron chi connectivity index (χ0n) is 11.4. The van der Waals surface area contributed by atoms with E-state index in [1.807, 2.05) is 0 Å². The van der Waals surface area contributed by atoms with Crippen molar-refractivity contribution in [2.45, 2.75) is 0 Å². The number of hydrogen-bond donors (Lipinski definition) is 2. The monoisotopic (exact) mass is 371 g/mol. The minimum absolute atomic E-state index is 0.344. The normalized spacial score (nSPS) is 11.2. The molecule has 0 aliphatic heterocycles. The van der Waals surface area contributed by atoms with E-state index < -0.39 is 10.0 Å². The molecule has 0 spiro atoms. The van der Waals surface area contributed by atoms with Gasteiger partial charge in [0.05, 0.1) is 19.1 Å². The maximum Gasteiger partial charge on any atom is 0.229 e. The maximum absolute atomic E-state index is 11.4. The van der Waals surface area contributed by atoms with E-state index in [4.69, 9.17) is 10.5 Å². The summed E-state index contributed by atoms with van der Waals surface area (Å²) in [5, 5.41) is 0. The van der Waals surface area contributed by atoms with Crippen molar-refractivity contribution in [3.05, 3.63) is 34.9 Å². The molecular weight excluding hydrogens is 358 g/mol. The van der Waals surface area contributed by atoms with Crippen LogP contribution in [0.1, 0.15) is 0 Å². The lowest BCUT2D eigenvalue weighted by Crippen LogP contribution is -2.09. The summed E-state index contributed by atoms with van der Waals surface area (Å²) < 4.78 is 31.1. The number of pyridine rings is 1. The van der Waals surface area contributed by atoms with Gasteiger partial charge in [0.15, 0.2) is 0 Å². The largest absolute Gasteiger partial charge is 0.497 e. The van der Waals surface area contributed by atoms with E-state index in [0.29, 0.717) is 28.4 Å². The molecule has 0 saturated carbocycles. The average molecular weight is 372 g/mol. The van der Waals surface area contributed by atoms with E-state index in [1.54, 1.807) is 30.5 Å². The first-order valence-electron chi connectivity index (χ1n) is 5.87. The molecule has 0 bridgehead atoms. The zero-order chi connectivity index (χ0) is 15.6. The van der Waals surface area contributed by atoms with Gasteiger partial charge in [-0.2, -0.15) is 0 Å². The third-order valence-corrected chi connectivity index (χ3v) is 3.68. The highest BCUT2D eigenvalue weighted by molar-refractivity contribution is 9.10. The van der Waals surface area contributed by atoms with Gasteiger partial charge in [0.1, 0.15) is 11.6 Å². The topological polar surface area (TPSA) is 94.3 Å². The van der Waals surface area contributed by atoms with Crippen LogP contribution in [-0.4, -0.2) is 26.8 Å². The van der Waals surface area contributed by atoms with Crippen molar-refractivity contribution >= 4 is 37.5 Å². The minimum atomic E-state index is -3.38. The van der Waals surface area contributed by atoms with Gasteiger partial charge in [0, 0.05) is 22.3 Å². The number of nitrogens with one attached hydrogen (secondary N) is 1. The molecule has 0 saturated heterocycles. The van der Waals surface area contributed by atoms with E-state index >= 15 is 0 Å². The summed E-state index contributed by atoms with van der Waals surface area (Å²) >= 11 is 3.34. The molecule has 0 aliphatic rings. The molecule has 112 valence electrons. The van der Waals surface area contributed by atoms with Gasteiger partial charge in [-0.05, 0) is 39.7 Å². The molecule has 6 nitrogen and oxygen atoms in total. The van der Waals surface area contributed by atoms with Gasteiger partial charge in [0.2, 0.25) is 10.0 Å². The van der Waals surface area contributed by atoms with Crippen LogP contribution >= 0.6 is 15.9 Å². The fourth-order valence-corrected chi connectivity index (χ4v) is 2.70. The van der Waals surface area contributed by atoms with Crippen molar-refractivity contribution in [1.29, 1.82) is 0 Å². The van der Waals surface area contributed by atoms with Gasteiger partial charge >= 0.3 is 0 Å². The lowest BCUT2D eigenvalue weighted by molar-refractivity contribution is 0.415. The second kappa shape index (κ2) is 5.90. The molecule has 2 aromatic rings. The summed E-state index contributed by atoms with van der Waals surface area (Å²) in [4.78, 5) is 4.07. The number of sulfonamides is 1. The lowest BCUT2D eigenvalue weighted by atomic mass is 10.1. The number of ether oxygens (including phenoxy) is 1. The molecule has 0 atom stereocenters. The van der Waals surface area contributed by atoms with E-state index in [9.17, 15) is 8.42 Å². The van der Waals surface area contributed by atoms with Crippen LogP contribution in [-0.2, 0) is 10.0 Å². The quantitative estimate of drug-likeness (QED) is 0.860. The Morgan fingerprint density at radius 2 is 2.00 bits per heavy atom. The molecule has 0 amide bonds. The van der Waals surface area contributed by atoms with Gasteiger partial charge in [0.25, 0.3) is 0 Å². The predicted molar refractivity (Wildman–Crippen MR) is 86.8 cm³/mol. The molecule has 1 heterocycles. The molecular formula is C13H14BrN3O3S. The number of halogens is 1. The van der Waals surface area contributed by atoms with Crippen molar-refractivity contribution < 1.29 is 13.2 Å². The first-order valence-corrected chi connectivity index (χ1v) is 8.55. The third-order valence-electron chi connectivity index (χ3n) is 2.64. The van der Waals surface area contributed by atoms with Crippen LogP contribution in [0.25, 0.3) is 11.1 Å². The van der Waals surface area contributed by atoms with Crippen molar-refractivity contribution in [1.82, 2.24) is 4.98 Å². The average Bonchev–Trinajstić information content (AvgIpc) is 2.39. The Bertz CT molecular complexity index is 778. The van der Waals surface area contributed by atoms with Crippen molar-refractivity contribution in [2.24, 2.45) is 0 Å². The van der Waals surface area contributed by atoms with Crippen molar-refractivity contribution in [3.63, 3.8) is 0 Å². The number of hydrogen-bond acceptors (Lipinski definition) is 5. The molecule has 21 heavy (non-hydrogen) atoms. The van der Waals surface area contributed by atoms with E-state index in [1.165, 1.54) is 7.11 Å². The molecule has 3 N–H and O–H groups in total. The molecule has 0 unspecified atom stereocenters. The number of rotatable bonds is 4. The second-order valence-corrected chi connectivity index (χ2v) is 7.07. The molecule has 0 aliphatic carbocycles. The number of nitrogen functional groups attached to an aromatic ring is 1. The van der Waals surface area contributed by atoms with Crippen LogP contribution in [0, 0.1) is 0 Å². The first-order chi connectivity index (χ1) is 9.78. The van der Waals surface area contributed by atoms with Crippen LogP contribution in [0.2, 0.25) is 0 Å². The van der Waals surface area contributed by atoms with Gasteiger partial charge in [-0.25, -0.2) is 13.4 Å². The highest BCUT2D eigenvalue weighted by Gasteiger charge is 2.10. The number of methoxy groups -OCH3 is 1. The van der Waals surface area contributed by atoms with Crippen LogP contribution < -0.4 is 15.2 Å². The standard InChI is InChI=1S/C13H14BrN3O3S/c1-20-11-4-8(3-10(6-11)17-21(2,18)19)12-5-9(14)7-16-13(12)15/h3-7,17H,1-2H3,(H2,15,16). The van der Waals surface area contributed by atoms with E-state index in [0.717, 1.165) is 10.7 Å². The smallest absolute Gasteiger partial charge is 0.229 e. The Morgan fingerprint density at radius 3 is 2.62 bits per heavy atom. The molecule has 8 heteroatoms. The molecule has 0 fully saturated rings. The summed E-state index contributed by atoms with van der Waals surface area (Å²) in [6.45, 7) is 0. The van der Waals surface area contributed by atoms with Crippen LogP contribution in [0.4, 0.5) is 11.5 Å². The molecule has 0 radical (unpaired) electrons. The van der Waals surface area contributed by atoms with Gasteiger partial charge < -0.3 is 10.5 Å². The zero-order valence-corrected chi connectivity index (χ0v) is 13.8. The van der Waals surface area contributed by atoms with Crippen LogP contribution in [0.5, 0.6) is 5.75 Å². The second-order valence-electron chi connectivity index (χ2n) is 4.41. The predicted octanol–water partition coefficient (Wildman–Crippen LogP) is 2.47. The summed E-state index contributed by atoms with van der Waals surface area (Å²) in [6.07, 6.45) is 2.68. The van der Waals surface area contributed by atoms with Gasteiger partial charge in [-0.3, -0.25) is 4.72 Å². The fourth-order valence-electron chi connectivity index (χ4n) is 1.83. The minimum Gasteiger partial charge on any atom is -0.497 e. The summed E-state index contributed by atoms with van der Waals surface area (Å²) in [5.74, 6) is 0.856. The number of nitrogens with two attached hydrogens (primary N) is 1. The number of nitrogens with zero attached hydrogens (tertiary/aromatic N) is 1. The maximum atomic E-state index is 11.4. The lowest BCUT2D eigenvalue weighted by Gasteiger charge is -2.11. The van der Waals surface area contributed by atoms with Crippen LogP contribution in [0.15, 0.2) is 34.9 Å². The third kappa shape index (κ3) is 4.08. The Hall–Kier alpha value is -1.80. The SMILES string of the molecule is COc1cc(NS(C)(=O)=O)cc(-c2cc(Br)cnc2N)c1. The highest BCUT2D eigenvalue weighted by Crippen LogP contribution is 2.32. The van der Waals surface area contributed by atoms with Crippen LogP contribution in [0.3, 0.4) is 0 Å². The molecule has 1 aromatic heterocycles. The summed E-state index contributed by atoms with van der Waals surface area (Å²) in [7, 11) is -1.88. The van der Waals surface area contributed by atoms with E-state index in [2.05, 4.69) is 25.6 Å². The highest BCUT2D eigenvalue weighted by atomic mass is 79.9. The van der Waals surface area contributed by atoms with Crippen molar-refractivity contribution in [2.75, 3.05) is 23.8 Å². The summed E-state index contributed by atoms with van der Waals surface area (Å²) in [5.41, 5.74) is 7.65. The Morgan fingerprint density at radius 1 is 1.29 bits per heavy atom. The fraction of sp³-hybridized carbons (Fsp3) is 0.154. The van der Waals surface area contributed by atoms with E-state index in [-0.39, 0.29) is 0 Å². The number of benzene rings is 1. The number of aromatic nitrogens is 1. The van der Waals surface area contributed by atoms with Crippen molar-refractivity contribution in [3.8, 4) is 16.9 Å². The Balaban J connectivity index is 2.58. The molecule has 2 rings (SSSR count). The Labute approximate surface area is 131 Å². The molecule has 1 aromatic carbocycles. The van der Waals surface area contributed by atoms with Gasteiger partial charge in [-0.15, -0.1) is 0 Å².